The summed E-state index contributed by atoms with van der Waals surface area (Å²) in [5.74, 6) is -0.589. The van der Waals surface area contributed by atoms with Gasteiger partial charge < -0.3 is 14.9 Å². The summed E-state index contributed by atoms with van der Waals surface area (Å²) in [6.07, 6.45) is -0.868. The lowest BCUT2D eigenvalue weighted by atomic mass is 10.00. The van der Waals surface area contributed by atoms with Crippen molar-refractivity contribution >= 4 is 29.1 Å². The van der Waals surface area contributed by atoms with Crippen LogP contribution in [0.15, 0.2) is 12.3 Å². The molecule has 0 unspecified atom stereocenters. The van der Waals surface area contributed by atoms with E-state index in [2.05, 4.69) is 4.98 Å². The molecule has 2 amide bonds. The van der Waals surface area contributed by atoms with Crippen LogP contribution in [0.4, 0.5) is 13.2 Å². The smallest absolute Gasteiger partial charge is 0.389 e. The van der Waals surface area contributed by atoms with Crippen LogP contribution in [-0.2, 0) is 11.0 Å². The van der Waals surface area contributed by atoms with E-state index in [9.17, 15) is 27.9 Å². The molecule has 1 N–H and O–H groups in total. The molecule has 4 heterocycles. The number of aliphatic hydroxyl groups excluding tert-OH is 1. The molecular weight excluding hydrogens is 449 g/mol. The lowest BCUT2D eigenvalue weighted by molar-refractivity contribution is -0.136. The number of carbonyl (C=O) groups excluding carboxylic acids is 2. The molecule has 11 heteroatoms. The average Bonchev–Trinajstić information content (AvgIpc) is 3.43. The monoisotopic (exact) mass is 470 g/mol. The van der Waals surface area contributed by atoms with E-state index < -0.39 is 29.4 Å². The van der Waals surface area contributed by atoms with E-state index in [1.807, 2.05) is 0 Å². The van der Waals surface area contributed by atoms with Crippen LogP contribution in [0.25, 0.3) is 5.65 Å². The number of halogens is 4. The second-order valence-electron chi connectivity index (χ2n) is 8.77. The van der Waals surface area contributed by atoms with Crippen LogP contribution in [0.2, 0.25) is 5.15 Å². The molecule has 7 nitrogen and oxygen atoms in total. The number of alkyl halides is 3. The van der Waals surface area contributed by atoms with E-state index in [0.29, 0.717) is 24.9 Å². The highest BCUT2D eigenvalue weighted by molar-refractivity contribution is 6.33. The molecule has 2 aromatic heterocycles. The van der Waals surface area contributed by atoms with Crippen molar-refractivity contribution < 1.29 is 27.9 Å². The van der Waals surface area contributed by atoms with Crippen LogP contribution in [0.5, 0.6) is 0 Å². The van der Waals surface area contributed by atoms with Crippen molar-refractivity contribution in [2.45, 2.75) is 56.3 Å². The molecule has 3 aliphatic rings. The van der Waals surface area contributed by atoms with Crippen LogP contribution in [0.1, 0.15) is 59.6 Å². The number of aromatic nitrogens is 2. The van der Waals surface area contributed by atoms with Gasteiger partial charge in [0.15, 0.2) is 11.3 Å². The quantitative estimate of drug-likeness (QED) is 0.748. The molecule has 0 radical (unpaired) electrons. The van der Waals surface area contributed by atoms with Crippen molar-refractivity contribution in [3.8, 4) is 0 Å². The third-order valence-corrected chi connectivity index (χ3v) is 6.94. The van der Waals surface area contributed by atoms with Gasteiger partial charge in [0.25, 0.3) is 5.91 Å². The van der Waals surface area contributed by atoms with E-state index >= 15 is 0 Å². The van der Waals surface area contributed by atoms with Gasteiger partial charge in [0.2, 0.25) is 5.91 Å². The lowest BCUT2D eigenvalue weighted by Crippen LogP contribution is -2.55. The summed E-state index contributed by atoms with van der Waals surface area (Å²) in [5, 5.41) is 10.4. The average molecular weight is 471 g/mol. The predicted octanol–water partition coefficient (Wildman–Crippen LogP) is 3.08. The van der Waals surface area contributed by atoms with E-state index in [0.717, 1.165) is 29.7 Å². The standard InChI is InChI=1S/C21H22ClF3N4O3/c22-18-17(20(32)27-7-5-14(15(30)10-27)28-6-1-2-16(28)31)26-19-13(21(23,24)25)8-12(9-29(18)19)11-3-4-11/h8-9,11,14-15,30H,1-7,10H2/t14-,15+/m1/s1. The van der Waals surface area contributed by atoms with Crippen LogP contribution in [0.3, 0.4) is 0 Å². The van der Waals surface area contributed by atoms with Crippen LogP contribution in [-0.4, -0.2) is 67.9 Å². The number of pyridine rings is 1. The summed E-state index contributed by atoms with van der Waals surface area (Å²) in [7, 11) is 0. The SMILES string of the molecule is O=C(c1nc2c(C(F)(F)F)cc(C3CC3)cn2c1Cl)N1CC[C@@H](N2CCCC2=O)[C@@H](O)C1. The minimum atomic E-state index is -4.64. The van der Waals surface area contributed by atoms with Gasteiger partial charge in [-0.3, -0.25) is 14.0 Å². The second kappa shape index (κ2) is 7.62. The first-order valence-corrected chi connectivity index (χ1v) is 11.1. The zero-order valence-electron chi connectivity index (χ0n) is 17.1. The largest absolute Gasteiger partial charge is 0.419 e. The van der Waals surface area contributed by atoms with Gasteiger partial charge in [-0.2, -0.15) is 13.2 Å². The van der Waals surface area contributed by atoms with Gasteiger partial charge in [-0.05, 0) is 43.2 Å². The number of β-amino-alcohol motifs (C(OH)–C–C–N with tert-alkyl or cyclic N) is 1. The van der Waals surface area contributed by atoms with Crippen LogP contribution < -0.4 is 0 Å². The summed E-state index contributed by atoms with van der Waals surface area (Å²) < 4.78 is 42.2. The second-order valence-corrected chi connectivity index (χ2v) is 9.13. The van der Waals surface area contributed by atoms with Gasteiger partial charge in [-0.1, -0.05) is 11.6 Å². The molecule has 2 aliphatic heterocycles. The first-order chi connectivity index (χ1) is 15.1. The van der Waals surface area contributed by atoms with Crippen molar-refractivity contribution in [1.29, 1.82) is 0 Å². The van der Waals surface area contributed by atoms with Crippen molar-refractivity contribution in [3.05, 3.63) is 34.2 Å². The van der Waals surface area contributed by atoms with Gasteiger partial charge in [0.05, 0.1) is 17.7 Å². The Hall–Kier alpha value is -2.33. The van der Waals surface area contributed by atoms with Crippen molar-refractivity contribution in [2.24, 2.45) is 0 Å². The number of fused-ring (bicyclic) bond motifs is 1. The zero-order valence-corrected chi connectivity index (χ0v) is 17.9. The Labute approximate surface area is 186 Å². The fourth-order valence-electron chi connectivity index (χ4n) is 4.76. The van der Waals surface area contributed by atoms with Crippen molar-refractivity contribution in [1.82, 2.24) is 19.2 Å². The Morgan fingerprint density at radius 3 is 2.56 bits per heavy atom. The maximum Gasteiger partial charge on any atom is 0.419 e. The van der Waals surface area contributed by atoms with Gasteiger partial charge in [0.1, 0.15) is 5.15 Å². The molecule has 1 saturated carbocycles. The maximum atomic E-state index is 13.7. The van der Waals surface area contributed by atoms with Crippen LogP contribution in [0, 0.1) is 0 Å². The highest BCUT2D eigenvalue weighted by atomic mass is 35.5. The Bertz CT molecular complexity index is 1100. The number of carbonyl (C=O) groups is 2. The van der Waals surface area contributed by atoms with Gasteiger partial charge in [-0.25, -0.2) is 4.98 Å². The molecule has 2 atom stereocenters. The Balaban J connectivity index is 1.44. The van der Waals surface area contributed by atoms with Crippen molar-refractivity contribution in [3.63, 3.8) is 0 Å². The minimum Gasteiger partial charge on any atom is -0.389 e. The summed E-state index contributed by atoms with van der Waals surface area (Å²) >= 11 is 6.35. The molecule has 0 spiro atoms. The number of imidazole rings is 1. The first kappa shape index (κ1) is 21.5. The topological polar surface area (TPSA) is 78.2 Å². The lowest BCUT2D eigenvalue weighted by Gasteiger charge is -2.40. The third-order valence-electron chi connectivity index (χ3n) is 6.58. The van der Waals surface area contributed by atoms with Gasteiger partial charge >= 0.3 is 6.18 Å². The molecule has 172 valence electrons. The molecule has 0 aromatic carbocycles. The Morgan fingerprint density at radius 1 is 1.22 bits per heavy atom. The molecule has 32 heavy (non-hydrogen) atoms. The highest BCUT2D eigenvalue weighted by Crippen LogP contribution is 2.43. The number of aliphatic hydroxyl groups is 1. The fraction of sp³-hybridized carbons (Fsp3) is 0.571. The zero-order chi connectivity index (χ0) is 22.8. The van der Waals surface area contributed by atoms with Crippen molar-refractivity contribution in [2.75, 3.05) is 19.6 Å². The molecule has 1 aliphatic carbocycles. The van der Waals surface area contributed by atoms with Crippen LogP contribution >= 0.6 is 11.6 Å². The fourth-order valence-corrected chi connectivity index (χ4v) is 5.01. The molecule has 2 saturated heterocycles. The first-order valence-electron chi connectivity index (χ1n) is 10.7. The highest BCUT2D eigenvalue weighted by Gasteiger charge is 2.40. The van der Waals surface area contributed by atoms with E-state index in [4.69, 9.17) is 11.6 Å². The number of nitrogens with zero attached hydrogens (tertiary/aromatic N) is 4. The van der Waals surface area contributed by atoms with E-state index in [1.165, 1.54) is 11.1 Å². The minimum absolute atomic E-state index is 0.0108. The molecule has 0 bridgehead atoms. The number of hydrogen-bond donors (Lipinski definition) is 1. The molecular formula is C21H22ClF3N4O3. The number of rotatable bonds is 3. The Kier molecular flexibility index (Phi) is 5.12. The van der Waals surface area contributed by atoms with Gasteiger partial charge in [-0.15, -0.1) is 0 Å². The Morgan fingerprint density at radius 2 is 1.97 bits per heavy atom. The van der Waals surface area contributed by atoms with E-state index in [1.54, 1.807) is 4.90 Å². The molecule has 2 aromatic rings. The van der Waals surface area contributed by atoms with Gasteiger partial charge in [0, 0.05) is 32.3 Å². The normalized spacial score (nSPS) is 24.6. The summed E-state index contributed by atoms with van der Waals surface area (Å²) in [6.45, 7) is 0.779. The number of likely N-dealkylation sites (tertiary alicyclic amines) is 2. The third kappa shape index (κ3) is 3.63. The number of piperidine rings is 1. The summed E-state index contributed by atoms with van der Waals surface area (Å²) in [6, 6.07) is 0.718. The summed E-state index contributed by atoms with van der Waals surface area (Å²) in [5.41, 5.74) is -1.08. The predicted molar refractivity (Wildman–Crippen MR) is 108 cm³/mol. The van der Waals surface area contributed by atoms with E-state index in [-0.39, 0.29) is 41.8 Å². The number of amides is 2. The summed E-state index contributed by atoms with van der Waals surface area (Å²) in [4.78, 5) is 32.1. The molecule has 3 fully saturated rings. The maximum absolute atomic E-state index is 13.7. The molecule has 5 rings (SSSR count). The number of hydrogen-bond acceptors (Lipinski definition) is 4.